The highest BCUT2D eigenvalue weighted by Gasteiger charge is 2.51. The summed E-state index contributed by atoms with van der Waals surface area (Å²) < 4.78 is 23.1. The molecule has 0 aliphatic carbocycles. The molecule has 6 aromatic carbocycles. The predicted octanol–water partition coefficient (Wildman–Crippen LogP) is 7.63. The number of benzene rings is 6. The van der Waals surface area contributed by atoms with Crippen LogP contribution in [0.5, 0.6) is 23.0 Å². The fourth-order valence-corrected chi connectivity index (χ4v) is 7.63. The van der Waals surface area contributed by atoms with E-state index in [0.717, 1.165) is 0 Å². The second-order valence-electron chi connectivity index (χ2n) is 14.6. The van der Waals surface area contributed by atoms with Crippen molar-refractivity contribution < 1.29 is 38.7 Å². The summed E-state index contributed by atoms with van der Waals surface area (Å²) >= 11 is 0. The molecule has 0 radical (unpaired) electrons. The fourth-order valence-electron chi connectivity index (χ4n) is 7.63. The molecule has 0 aliphatic heterocycles. The van der Waals surface area contributed by atoms with Crippen LogP contribution in [0.3, 0.4) is 0 Å². The summed E-state index contributed by atoms with van der Waals surface area (Å²) in [5.74, 6) is 0.0436. The lowest BCUT2D eigenvalue weighted by molar-refractivity contribution is -0.144. The molecule has 2 atom stereocenters. The molecule has 0 aliphatic rings. The molecular formula is C49H50N2O8. The molecule has 304 valence electrons. The lowest BCUT2D eigenvalue weighted by Gasteiger charge is -2.42. The first-order chi connectivity index (χ1) is 28.5. The number of hydrogen-bond donors (Lipinski definition) is 4. The largest absolute Gasteiger partial charge is 0.496 e. The number of methoxy groups -OCH3 is 4. The molecule has 10 nitrogen and oxygen atoms in total. The zero-order valence-electron chi connectivity index (χ0n) is 34.0. The number of amides is 2. The molecule has 10 heteroatoms. The molecule has 6 aromatic rings. The van der Waals surface area contributed by atoms with Crippen LogP contribution < -0.4 is 29.6 Å². The Hall–Kier alpha value is -6.62. The molecule has 0 heterocycles. The third-order valence-electron chi connectivity index (χ3n) is 10.9. The third-order valence-corrected chi connectivity index (χ3v) is 10.9. The van der Waals surface area contributed by atoms with Crippen molar-refractivity contribution in [2.75, 3.05) is 28.4 Å². The fraction of sp³-hybridized carbons (Fsp3) is 0.224. The number of carbonyl (C=O) groups excluding carboxylic acids is 2. The molecule has 6 rings (SSSR count). The third kappa shape index (κ3) is 7.97. The van der Waals surface area contributed by atoms with Gasteiger partial charge in [0.15, 0.2) is 0 Å². The Morgan fingerprint density at radius 2 is 0.661 bits per heavy atom. The summed E-state index contributed by atoms with van der Waals surface area (Å²) in [6, 6.07) is 43.7. The number of carbonyl (C=O) groups is 2. The van der Waals surface area contributed by atoms with Crippen molar-refractivity contribution in [3.8, 4) is 23.0 Å². The van der Waals surface area contributed by atoms with Crippen molar-refractivity contribution in [3.05, 3.63) is 191 Å². The summed E-state index contributed by atoms with van der Waals surface area (Å²) in [4.78, 5) is 29.9. The quantitative estimate of drug-likeness (QED) is 0.0735. The Bertz CT molecular complexity index is 2110. The van der Waals surface area contributed by atoms with Crippen LogP contribution in [0.15, 0.2) is 158 Å². The van der Waals surface area contributed by atoms with Crippen LogP contribution in [-0.2, 0) is 20.8 Å². The van der Waals surface area contributed by atoms with E-state index in [1.54, 1.807) is 146 Å². The van der Waals surface area contributed by atoms with Crippen LogP contribution in [0.4, 0.5) is 0 Å². The summed E-state index contributed by atoms with van der Waals surface area (Å²) in [5.41, 5.74) is -3.34. The van der Waals surface area contributed by atoms with Crippen molar-refractivity contribution in [3.63, 3.8) is 0 Å². The van der Waals surface area contributed by atoms with Crippen molar-refractivity contribution >= 4 is 11.8 Å². The van der Waals surface area contributed by atoms with E-state index < -0.39 is 40.5 Å². The maximum absolute atomic E-state index is 15.0. The van der Waals surface area contributed by atoms with Crippen molar-refractivity contribution in [1.29, 1.82) is 0 Å². The monoisotopic (exact) mass is 794 g/mol. The molecular weight excluding hydrogens is 745 g/mol. The van der Waals surface area contributed by atoms with Gasteiger partial charge in [0.05, 0.1) is 40.5 Å². The van der Waals surface area contributed by atoms with Gasteiger partial charge in [-0.05, 0) is 49.2 Å². The van der Waals surface area contributed by atoms with Crippen molar-refractivity contribution in [2.24, 2.45) is 5.41 Å². The van der Waals surface area contributed by atoms with Gasteiger partial charge in [0.2, 0.25) is 11.8 Å². The first kappa shape index (κ1) is 42.0. The standard InChI is InChI=1S/C49H50N2O8/c1-47(2,45(52)50-43(33-21-9-7-10-22-33)48(54,35-25-13-17-29-39(35)56-3)36-26-14-18-30-40(36)57-4)46(53)51-44(34-23-11-8-12-24-34)49(55,37-27-15-19-31-41(37)58-5)38-28-16-20-32-42(38)59-6/h7-32,43-44,54-55H,1-6H3,(H,50,52)(H,51,53). The number of hydrogen-bond acceptors (Lipinski definition) is 8. The van der Waals surface area contributed by atoms with Gasteiger partial charge in [0.1, 0.15) is 39.6 Å². The van der Waals surface area contributed by atoms with Gasteiger partial charge < -0.3 is 39.8 Å². The van der Waals surface area contributed by atoms with E-state index in [2.05, 4.69) is 10.6 Å². The minimum absolute atomic E-state index is 0.353. The Labute approximate surface area is 345 Å². The van der Waals surface area contributed by atoms with Crippen LogP contribution in [0, 0.1) is 5.41 Å². The molecule has 4 N–H and O–H groups in total. The summed E-state index contributed by atoms with van der Waals surface area (Å²) in [5, 5.41) is 32.9. The molecule has 0 bridgehead atoms. The first-order valence-electron chi connectivity index (χ1n) is 19.2. The molecule has 2 unspecified atom stereocenters. The van der Waals surface area contributed by atoms with E-state index in [0.29, 0.717) is 56.4 Å². The molecule has 0 saturated heterocycles. The first-order valence-corrected chi connectivity index (χ1v) is 19.2. The lowest BCUT2D eigenvalue weighted by Crippen LogP contribution is -2.55. The van der Waals surface area contributed by atoms with Gasteiger partial charge in [-0.15, -0.1) is 0 Å². The Balaban J connectivity index is 1.49. The van der Waals surface area contributed by atoms with E-state index >= 15 is 0 Å². The minimum Gasteiger partial charge on any atom is -0.496 e. The zero-order chi connectivity index (χ0) is 42.2. The van der Waals surface area contributed by atoms with E-state index in [4.69, 9.17) is 18.9 Å². The average Bonchev–Trinajstić information content (AvgIpc) is 3.29. The number of rotatable bonds is 16. The maximum Gasteiger partial charge on any atom is 0.235 e. The van der Waals surface area contributed by atoms with Crippen LogP contribution in [-0.4, -0.2) is 50.5 Å². The van der Waals surface area contributed by atoms with Crippen LogP contribution in [0.1, 0.15) is 59.3 Å². The smallest absolute Gasteiger partial charge is 0.235 e. The Kier molecular flexibility index (Phi) is 12.7. The Morgan fingerprint density at radius 3 is 0.915 bits per heavy atom. The predicted molar refractivity (Wildman–Crippen MR) is 226 cm³/mol. The Morgan fingerprint density at radius 1 is 0.424 bits per heavy atom. The van der Waals surface area contributed by atoms with Gasteiger partial charge in [0.25, 0.3) is 0 Å². The number of aliphatic hydroxyl groups is 2. The molecule has 59 heavy (non-hydrogen) atoms. The normalized spacial score (nSPS) is 12.7. The maximum atomic E-state index is 15.0. The summed E-state index contributed by atoms with van der Waals surface area (Å²) in [6.45, 7) is 3.00. The van der Waals surface area contributed by atoms with Gasteiger partial charge in [-0.3, -0.25) is 9.59 Å². The molecule has 2 amide bonds. The second kappa shape index (κ2) is 17.9. The van der Waals surface area contributed by atoms with E-state index in [-0.39, 0.29) is 0 Å². The van der Waals surface area contributed by atoms with Crippen molar-refractivity contribution in [2.45, 2.75) is 37.1 Å². The van der Waals surface area contributed by atoms with Gasteiger partial charge in [0, 0.05) is 22.3 Å². The second-order valence-corrected chi connectivity index (χ2v) is 14.6. The highest BCUT2D eigenvalue weighted by atomic mass is 16.5. The average molecular weight is 795 g/mol. The molecule has 0 aromatic heterocycles. The zero-order valence-corrected chi connectivity index (χ0v) is 34.0. The van der Waals surface area contributed by atoms with Gasteiger partial charge in [-0.2, -0.15) is 0 Å². The molecule has 0 saturated carbocycles. The molecule has 0 spiro atoms. The van der Waals surface area contributed by atoms with E-state index in [1.807, 2.05) is 12.1 Å². The van der Waals surface area contributed by atoms with Crippen LogP contribution in [0.2, 0.25) is 0 Å². The minimum atomic E-state index is -2.01. The highest BCUT2D eigenvalue weighted by Crippen LogP contribution is 2.50. The van der Waals surface area contributed by atoms with Gasteiger partial charge in [-0.25, -0.2) is 0 Å². The van der Waals surface area contributed by atoms with Crippen LogP contribution in [0.25, 0.3) is 0 Å². The van der Waals surface area contributed by atoms with E-state index in [1.165, 1.54) is 42.3 Å². The van der Waals surface area contributed by atoms with Crippen molar-refractivity contribution in [1.82, 2.24) is 10.6 Å². The SMILES string of the molecule is COc1ccccc1C(O)(c1ccccc1OC)C(NC(=O)C(C)(C)C(=O)NC(c1ccccc1)C(O)(c1ccccc1OC)c1ccccc1OC)c1ccccc1. The highest BCUT2D eigenvalue weighted by molar-refractivity contribution is 6.04. The number of nitrogens with one attached hydrogen (secondary N) is 2. The number of para-hydroxylation sites is 4. The summed E-state index contributed by atoms with van der Waals surface area (Å²) in [7, 11) is 6.02. The van der Waals surface area contributed by atoms with Crippen LogP contribution >= 0.6 is 0 Å². The van der Waals surface area contributed by atoms with E-state index in [9.17, 15) is 19.8 Å². The summed E-state index contributed by atoms with van der Waals surface area (Å²) in [6.07, 6.45) is 0. The van der Waals surface area contributed by atoms with Gasteiger partial charge >= 0.3 is 0 Å². The molecule has 0 fully saturated rings. The topological polar surface area (TPSA) is 136 Å². The van der Waals surface area contributed by atoms with Gasteiger partial charge in [-0.1, -0.05) is 133 Å². The number of ether oxygens (including phenoxy) is 4. The lowest BCUT2D eigenvalue weighted by atomic mass is 9.75.